The van der Waals surface area contributed by atoms with Crippen LogP contribution in [0.2, 0.25) is 0 Å². The number of benzene rings is 1. The van der Waals surface area contributed by atoms with Crippen LogP contribution in [0.4, 0.5) is 0 Å². The minimum atomic E-state index is -0.190. The zero-order valence-corrected chi connectivity index (χ0v) is 13.0. The van der Waals surface area contributed by atoms with Crippen molar-refractivity contribution >= 4 is 5.97 Å². The minimum absolute atomic E-state index is 0.0681. The number of likely N-dealkylation sites (tertiary alicyclic amines) is 1. The number of nitrogens with one attached hydrogen (secondary N) is 1. The molecule has 20 heavy (non-hydrogen) atoms. The van der Waals surface area contributed by atoms with Gasteiger partial charge in [0.25, 0.3) is 0 Å². The van der Waals surface area contributed by atoms with Crippen LogP contribution in [0.1, 0.15) is 49.5 Å². The van der Waals surface area contributed by atoms with Crippen molar-refractivity contribution in [2.75, 3.05) is 20.1 Å². The summed E-state index contributed by atoms with van der Waals surface area (Å²) >= 11 is 0. The first-order valence-corrected chi connectivity index (χ1v) is 7.49. The van der Waals surface area contributed by atoms with Gasteiger partial charge in [-0.05, 0) is 29.5 Å². The van der Waals surface area contributed by atoms with Gasteiger partial charge in [0.15, 0.2) is 6.10 Å². The van der Waals surface area contributed by atoms with E-state index >= 15 is 0 Å². The van der Waals surface area contributed by atoms with Crippen LogP contribution >= 0.6 is 0 Å². The summed E-state index contributed by atoms with van der Waals surface area (Å²) in [5.41, 5.74) is 2.00. The Morgan fingerprint density at radius 3 is 2.45 bits per heavy atom. The second-order valence-corrected chi connectivity index (χ2v) is 6.91. The molecule has 110 valence electrons. The van der Waals surface area contributed by atoms with E-state index in [9.17, 15) is 4.79 Å². The predicted octanol–water partition coefficient (Wildman–Crippen LogP) is 1.82. The van der Waals surface area contributed by atoms with E-state index in [1.165, 1.54) is 17.0 Å². The topological polar surface area (TPSA) is 30.7 Å². The van der Waals surface area contributed by atoms with Crippen LogP contribution in [-0.4, -0.2) is 32.2 Å². The first-order valence-electron chi connectivity index (χ1n) is 7.49. The summed E-state index contributed by atoms with van der Waals surface area (Å²) in [6.45, 7) is 8.60. The predicted molar refractivity (Wildman–Crippen MR) is 80.2 cm³/mol. The van der Waals surface area contributed by atoms with Crippen LogP contribution in [0.15, 0.2) is 24.3 Å². The van der Waals surface area contributed by atoms with Crippen LogP contribution in [0, 0.1) is 0 Å². The van der Waals surface area contributed by atoms with Crippen molar-refractivity contribution < 1.29 is 14.4 Å². The third kappa shape index (κ3) is 3.83. The van der Waals surface area contributed by atoms with Gasteiger partial charge in [0.2, 0.25) is 0 Å². The van der Waals surface area contributed by atoms with Gasteiger partial charge in [-0.25, -0.2) is 4.79 Å². The van der Waals surface area contributed by atoms with E-state index in [1.54, 1.807) is 0 Å². The highest BCUT2D eigenvalue weighted by atomic mass is 16.5. The fraction of sp³-hybridized carbons (Fsp3) is 0.588. The average Bonchev–Trinajstić information content (AvgIpc) is 2.38. The smallest absolute Gasteiger partial charge is 0.338 e. The largest absolute Gasteiger partial charge is 0.453 e. The molecular weight excluding hydrogens is 250 g/mol. The summed E-state index contributed by atoms with van der Waals surface area (Å²) in [7, 11) is 2.15. The van der Waals surface area contributed by atoms with Crippen LogP contribution in [0.3, 0.4) is 0 Å². The molecular formula is C17H26NO2+. The van der Waals surface area contributed by atoms with Gasteiger partial charge in [-0.3, -0.25) is 0 Å². The van der Waals surface area contributed by atoms with Crippen molar-refractivity contribution in [3.8, 4) is 0 Å². The number of likely N-dealkylation sites (N-methyl/N-ethyl adjacent to an activating group) is 1. The van der Waals surface area contributed by atoms with Crippen molar-refractivity contribution in [1.29, 1.82) is 0 Å². The Labute approximate surface area is 121 Å². The minimum Gasteiger partial charge on any atom is -0.453 e. The standard InChI is InChI=1S/C17H25NO2/c1-17(2,3)14-9-7-13(8-10-14)16(19)20-15-6-5-11-18(4)12-15/h7-10,15H,5-6,11-12H2,1-4H3/p+1/t15-/m1/s1. The highest BCUT2D eigenvalue weighted by Crippen LogP contribution is 2.22. The highest BCUT2D eigenvalue weighted by molar-refractivity contribution is 5.89. The molecule has 1 aromatic carbocycles. The molecule has 0 aliphatic carbocycles. The normalized spacial score (nSPS) is 23.4. The number of piperidine rings is 1. The zero-order valence-electron chi connectivity index (χ0n) is 13.0. The lowest BCUT2D eigenvalue weighted by Gasteiger charge is -2.26. The van der Waals surface area contributed by atoms with Crippen LogP contribution < -0.4 is 4.90 Å². The van der Waals surface area contributed by atoms with E-state index in [4.69, 9.17) is 4.74 Å². The number of rotatable bonds is 2. The van der Waals surface area contributed by atoms with Crippen molar-refractivity contribution in [3.05, 3.63) is 35.4 Å². The molecule has 0 aromatic heterocycles. The summed E-state index contributed by atoms with van der Waals surface area (Å²) in [6, 6.07) is 7.80. The highest BCUT2D eigenvalue weighted by Gasteiger charge is 2.24. The first kappa shape index (κ1) is 15.0. The van der Waals surface area contributed by atoms with Gasteiger partial charge < -0.3 is 9.64 Å². The molecule has 1 heterocycles. The Kier molecular flexibility index (Phi) is 4.48. The van der Waals surface area contributed by atoms with Gasteiger partial charge in [-0.2, -0.15) is 0 Å². The van der Waals surface area contributed by atoms with Crippen molar-refractivity contribution in [2.24, 2.45) is 0 Å². The lowest BCUT2D eigenvalue weighted by molar-refractivity contribution is -0.888. The number of quaternary nitrogens is 1. The molecule has 0 bridgehead atoms. The monoisotopic (exact) mass is 276 g/mol. The first-order chi connectivity index (χ1) is 9.36. The Morgan fingerprint density at radius 2 is 1.90 bits per heavy atom. The van der Waals surface area contributed by atoms with Crippen molar-refractivity contribution in [1.82, 2.24) is 0 Å². The van der Waals surface area contributed by atoms with Gasteiger partial charge in [0.1, 0.15) is 6.54 Å². The molecule has 0 saturated carbocycles. The van der Waals surface area contributed by atoms with E-state index in [1.807, 2.05) is 24.3 Å². The fourth-order valence-corrected chi connectivity index (χ4v) is 2.65. The summed E-state index contributed by atoms with van der Waals surface area (Å²) in [6.07, 6.45) is 2.19. The second-order valence-electron chi connectivity index (χ2n) is 6.91. The zero-order chi connectivity index (χ0) is 14.8. The van der Waals surface area contributed by atoms with Gasteiger partial charge in [-0.1, -0.05) is 32.9 Å². The molecule has 1 unspecified atom stereocenters. The molecule has 0 radical (unpaired) electrons. The van der Waals surface area contributed by atoms with Gasteiger partial charge >= 0.3 is 5.97 Å². The molecule has 1 aromatic rings. The molecule has 1 aliphatic heterocycles. The fourth-order valence-electron chi connectivity index (χ4n) is 2.65. The SMILES string of the molecule is C[NH+]1CCC[C@@H](OC(=O)c2ccc(C(C)(C)C)cc2)C1. The van der Waals surface area contributed by atoms with E-state index in [2.05, 4.69) is 27.8 Å². The van der Waals surface area contributed by atoms with E-state index in [0.717, 1.165) is 19.4 Å². The van der Waals surface area contributed by atoms with Crippen LogP contribution in [-0.2, 0) is 10.2 Å². The molecule has 2 rings (SSSR count). The maximum absolute atomic E-state index is 12.1. The molecule has 0 spiro atoms. The van der Waals surface area contributed by atoms with Crippen molar-refractivity contribution in [2.45, 2.75) is 45.1 Å². The van der Waals surface area contributed by atoms with E-state index < -0.39 is 0 Å². The third-order valence-electron chi connectivity index (χ3n) is 3.97. The maximum atomic E-state index is 12.1. The number of carbonyl (C=O) groups is 1. The van der Waals surface area contributed by atoms with Crippen molar-refractivity contribution in [3.63, 3.8) is 0 Å². The Bertz CT molecular complexity index is 459. The molecule has 2 atom stereocenters. The van der Waals surface area contributed by atoms with Gasteiger partial charge in [0.05, 0.1) is 19.2 Å². The Morgan fingerprint density at radius 1 is 1.25 bits per heavy atom. The molecule has 3 heteroatoms. The van der Waals surface area contributed by atoms with E-state index in [0.29, 0.717) is 5.56 Å². The van der Waals surface area contributed by atoms with Gasteiger partial charge in [-0.15, -0.1) is 0 Å². The molecule has 0 amide bonds. The lowest BCUT2D eigenvalue weighted by atomic mass is 9.87. The molecule has 1 N–H and O–H groups in total. The number of carbonyl (C=O) groups excluding carboxylic acids is 1. The molecule has 1 fully saturated rings. The van der Waals surface area contributed by atoms with Gasteiger partial charge in [0, 0.05) is 6.42 Å². The number of esters is 1. The lowest BCUT2D eigenvalue weighted by Crippen LogP contribution is -3.11. The Balaban J connectivity index is 1.99. The third-order valence-corrected chi connectivity index (χ3v) is 3.97. The quantitative estimate of drug-likeness (QED) is 0.835. The maximum Gasteiger partial charge on any atom is 0.338 e. The van der Waals surface area contributed by atoms with E-state index in [-0.39, 0.29) is 17.5 Å². The average molecular weight is 276 g/mol. The summed E-state index contributed by atoms with van der Waals surface area (Å²) < 4.78 is 5.61. The number of hydrogen-bond donors (Lipinski definition) is 1. The number of ether oxygens (including phenoxy) is 1. The molecule has 3 nitrogen and oxygen atoms in total. The second kappa shape index (κ2) is 5.96. The molecule has 1 saturated heterocycles. The van der Waals surface area contributed by atoms with Crippen LogP contribution in [0.25, 0.3) is 0 Å². The summed E-state index contributed by atoms with van der Waals surface area (Å²) in [5.74, 6) is -0.190. The summed E-state index contributed by atoms with van der Waals surface area (Å²) in [5, 5.41) is 0. The molecule has 1 aliphatic rings. The summed E-state index contributed by atoms with van der Waals surface area (Å²) in [4.78, 5) is 13.6. The number of hydrogen-bond acceptors (Lipinski definition) is 2. The Hall–Kier alpha value is -1.35. The van der Waals surface area contributed by atoms with Crippen LogP contribution in [0.5, 0.6) is 0 Å².